The zero-order valence-electron chi connectivity index (χ0n) is 8.45. The van der Waals surface area contributed by atoms with Crippen LogP contribution in [0.1, 0.15) is 12.8 Å². The summed E-state index contributed by atoms with van der Waals surface area (Å²) >= 11 is 0. The van der Waals surface area contributed by atoms with Crippen molar-refractivity contribution in [1.29, 1.82) is 0 Å². The highest BCUT2D eigenvalue weighted by Gasteiger charge is 2.22. The van der Waals surface area contributed by atoms with Crippen molar-refractivity contribution in [3.05, 3.63) is 24.3 Å². The average Bonchev–Trinajstić information content (AvgIpc) is 2.44. The van der Waals surface area contributed by atoms with E-state index in [1.807, 2.05) is 0 Å². The van der Waals surface area contributed by atoms with Crippen LogP contribution >= 0.6 is 0 Å². The molecule has 0 N–H and O–H groups in total. The predicted molar refractivity (Wildman–Crippen MR) is 60.1 cm³/mol. The van der Waals surface area contributed by atoms with E-state index < -0.39 is 0 Å². The van der Waals surface area contributed by atoms with Crippen LogP contribution in [0.3, 0.4) is 0 Å². The molecule has 0 spiro atoms. The van der Waals surface area contributed by atoms with Gasteiger partial charge in [0, 0.05) is 26.2 Å². The van der Waals surface area contributed by atoms with E-state index in [1.54, 1.807) is 0 Å². The topological polar surface area (TPSA) is 6.48 Å². The summed E-state index contributed by atoms with van der Waals surface area (Å²) in [6.45, 7) is 4.92. The van der Waals surface area contributed by atoms with E-state index in [0.29, 0.717) is 0 Å². The highest BCUT2D eigenvalue weighted by molar-refractivity contribution is 5.72. The molecule has 0 amide bonds. The van der Waals surface area contributed by atoms with Crippen molar-refractivity contribution in [3.8, 4) is 0 Å². The predicted octanol–water partition coefficient (Wildman–Crippen LogP) is 2.11. The molecule has 1 aromatic rings. The third-order valence-electron chi connectivity index (χ3n) is 3.28. The molecule has 2 heterocycles. The molecule has 74 valence electrons. The number of para-hydroxylation sites is 2. The van der Waals surface area contributed by atoms with Crippen LogP contribution in [0, 0.1) is 0 Å². The first-order chi connectivity index (χ1) is 6.95. The maximum absolute atomic E-state index is 2.54. The van der Waals surface area contributed by atoms with Crippen molar-refractivity contribution in [2.24, 2.45) is 0 Å². The largest absolute Gasteiger partial charge is 0.370 e. The maximum atomic E-state index is 2.54. The zero-order valence-corrected chi connectivity index (χ0v) is 8.45. The summed E-state index contributed by atoms with van der Waals surface area (Å²) < 4.78 is 0. The quantitative estimate of drug-likeness (QED) is 0.615. The molecular weight excluding hydrogens is 172 g/mol. The van der Waals surface area contributed by atoms with Gasteiger partial charge in [-0.05, 0) is 25.0 Å². The Kier molecular flexibility index (Phi) is 1.86. The molecule has 0 aromatic heterocycles. The highest BCUT2D eigenvalue weighted by atomic mass is 15.2. The van der Waals surface area contributed by atoms with Gasteiger partial charge < -0.3 is 9.80 Å². The van der Waals surface area contributed by atoms with E-state index in [-0.39, 0.29) is 0 Å². The first-order valence-corrected chi connectivity index (χ1v) is 5.54. The molecule has 0 radical (unpaired) electrons. The SMILES string of the molecule is c1ccc2c(c1)N1CCCN2CCC1. The van der Waals surface area contributed by atoms with Gasteiger partial charge in [-0.15, -0.1) is 0 Å². The minimum Gasteiger partial charge on any atom is -0.370 e. The molecule has 14 heavy (non-hydrogen) atoms. The normalized spacial score (nSPS) is 20.3. The molecule has 0 atom stereocenters. The van der Waals surface area contributed by atoms with Gasteiger partial charge >= 0.3 is 0 Å². The monoisotopic (exact) mass is 188 g/mol. The lowest BCUT2D eigenvalue weighted by Gasteiger charge is -2.22. The number of hydrogen-bond acceptors (Lipinski definition) is 2. The molecule has 2 aliphatic rings. The Morgan fingerprint density at radius 2 is 1.14 bits per heavy atom. The summed E-state index contributed by atoms with van der Waals surface area (Å²) in [6.07, 6.45) is 2.60. The van der Waals surface area contributed by atoms with E-state index in [0.717, 1.165) is 0 Å². The molecule has 3 rings (SSSR count). The molecule has 0 aliphatic carbocycles. The molecule has 2 aliphatic heterocycles. The minimum absolute atomic E-state index is 1.23. The molecule has 2 heteroatoms. The Balaban J connectivity index is 2.13. The fourth-order valence-corrected chi connectivity index (χ4v) is 2.61. The average molecular weight is 188 g/mol. The summed E-state index contributed by atoms with van der Waals surface area (Å²) in [5.41, 5.74) is 2.89. The second-order valence-corrected chi connectivity index (χ2v) is 4.17. The lowest BCUT2D eigenvalue weighted by atomic mass is 10.2. The number of hydrogen-bond donors (Lipinski definition) is 0. The summed E-state index contributed by atoms with van der Waals surface area (Å²) in [6, 6.07) is 8.83. The van der Waals surface area contributed by atoms with Crippen LogP contribution in [-0.4, -0.2) is 26.2 Å². The fraction of sp³-hybridized carbons (Fsp3) is 0.500. The molecule has 2 bridgehead atoms. The summed E-state index contributed by atoms with van der Waals surface area (Å²) in [5, 5.41) is 0. The van der Waals surface area contributed by atoms with E-state index in [9.17, 15) is 0 Å². The van der Waals surface area contributed by atoms with Gasteiger partial charge in [0.05, 0.1) is 11.4 Å². The van der Waals surface area contributed by atoms with Crippen molar-refractivity contribution in [2.45, 2.75) is 12.8 Å². The zero-order chi connectivity index (χ0) is 9.38. The number of anilines is 2. The minimum atomic E-state index is 1.23. The lowest BCUT2D eigenvalue weighted by molar-refractivity contribution is 0.642. The van der Waals surface area contributed by atoms with Gasteiger partial charge in [-0.3, -0.25) is 0 Å². The van der Waals surface area contributed by atoms with E-state index >= 15 is 0 Å². The molecule has 0 saturated heterocycles. The van der Waals surface area contributed by atoms with E-state index in [2.05, 4.69) is 34.1 Å². The Labute approximate surface area is 85.1 Å². The number of nitrogens with zero attached hydrogens (tertiary/aromatic N) is 2. The second kappa shape index (κ2) is 3.19. The third-order valence-corrected chi connectivity index (χ3v) is 3.28. The highest BCUT2D eigenvalue weighted by Crippen LogP contribution is 2.34. The van der Waals surface area contributed by atoms with Gasteiger partial charge in [0.2, 0.25) is 0 Å². The van der Waals surface area contributed by atoms with Gasteiger partial charge in [0.1, 0.15) is 0 Å². The fourth-order valence-electron chi connectivity index (χ4n) is 2.61. The van der Waals surface area contributed by atoms with Crippen molar-refractivity contribution in [1.82, 2.24) is 0 Å². The molecular formula is C12H16N2. The molecule has 0 saturated carbocycles. The second-order valence-electron chi connectivity index (χ2n) is 4.17. The number of benzene rings is 1. The van der Waals surface area contributed by atoms with E-state index in [4.69, 9.17) is 0 Å². The van der Waals surface area contributed by atoms with Crippen LogP contribution in [0.15, 0.2) is 24.3 Å². The van der Waals surface area contributed by atoms with Crippen molar-refractivity contribution >= 4 is 11.4 Å². The molecule has 1 aromatic carbocycles. The van der Waals surface area contributed by atoms with Crippen LogP contribution in [0.2, 0.25) is 0 Å². The lowest BCUT2D eigenvalue weighted by Crippen LogP contribution is -2.30. The van der Waals surface area contributed by atoms with Crippen LogP contribution in [0.4, 0.5) is 11.4 Å². The van der Waals surface area contributed by atoms with Gasteiger partial charge in [0.15, 0.2) is 0 Å². The third kappa shape index (κ3) is 1.17. The smallest absolute Gasteiger partial charge is 0.0604 e. The summed E-state index contributed by atoms with van der Waals surface area (Å²) in [7, 11) is 0. The standard InChI is InChI=1S/C12H16N2/c1-2-6-12-11(5-1)13-7-3-9-14(12)10-4-8-13/h1-2,5-6H,3-4,7-10H2. The summed E-state index contributed by atoms with van der Waals surface area (Å²) in [4.78, 5) is 5.09. The van der Waals surface area contributed by atoms with Gasteiger partial charge in [-0.2, -0.15) is 0 Å². The molecule has 2 nitrogen and oxygen atoms in total. The Bertz CT molecular complexity index is 294. The van der Waals surface area contributed by atoms with Gasteiger partial charge in [-0.25, -0.2) is 0 Å². The first-order valence-electron chi connectivity index (χ1n) is 5.54. The molecule has 0 fully saturated rings. The Hall–Kier alpha value is -1.18. The van der Waals surface area contributed by atoms with Crippen LogP contribution in [-0.2, 0) is 0 Å². The summed E-state index contributed by atoms with van der Waals surface area (Å²) in [5.74, 6) is 0. The van der Waals surface area contributed by atoms with Crippen molar-refractivity contribution in [3.63, 3.8) is 0 Å². The van der Waals surface area contributed by atoms with Crippen molar-refractivity contribution < 1.29 is 0 Å². The van der Waals surface area contributed by atoms with Gasteiger partial charge in [-0.1, -0.05) is 12.1 Å². The van der Waals surface area contributed by atoms with Crippen LogP contribution in [0.5, 0.6) is 0 Å². The van der Waals surface area contributed by atoms with Crippen LogP contribution < -0.4 is 9.80 Å². The van der Waals surface area contributed by atoms with Gasteiger partial charge in [0.25, 0.3) is 0 Å². The Morgan fingerprint density at radius 1 is 0.714 bits per heavy atom. The number of rotatable bonds is 0. The molecule has 0 unspecified atom stereocenters. The Morgan fingerprint density at radius 3 is 1.57 bits per heavy atom. The van der Waals surface area contributed by atoms with E-state index in [1.165, 1.54) is 50.4 Å². The van der Waals surface area contributed by atoms with Crippen molar-refractivity contribution in [2.75, 3.05) is 36.0 Å². The first kappa shape index (κ1) is 8.16. The van der Waals surface area contributed by atoms with Crippen LogP contribution in [0.25, 0.3) is 0 Å². The maximum Gasteiger partial charge on any atom is 0.0604 e.